The smallest absolute Gasteiger partial charge is 0.267 e. The zero-order valence-corrected chi connectivity index (χ0v) is 13.6. The summed E-state index contributed by atoms with van der Waals surface area (Å²) in [6.07, 6.45) is -0.688. The fourth-order valence-electron chi connectivity index (χ4n) is 2.63. The van der Waals surface area contributed by atoms with E-state index in [-0.39, 0.29) is 17.7 Å². The molecule has 122 valence electrons. The minimum Gasteiger partial charge on any atom is -0.475 e. The van der Waals surface area contributed by atoms with Crippen molar-refractivity contribution in [3.05, 3.63) is 52.5 Å². The maximum atomic E-state index is 13.8. The summed E-state index contributed by atoms with van der Waals surface area (Å²) in [6.45, 7) is 3.52. The number of halogens is 1. The number of benzene rings is 1. The van der Waals surface area contributed by atoms with E-state index in [9.17, 15) is 9.18 Å². The maximum absolute atomic E-state index is 13.8. The molecule has 0 bridgehead atoms. The molecule has 1 aromatic carbocycles. The van der Waals surface area contributed by atoms with Gasteiger partial charge in [0.1, 0.15) is 6.04 Å². The Morgan fingerprint density at radius 2 is 2.09 bits per heavy atom. The van der Waals surface area contributed by atoms with Gasteiger partial charge in [0.15, 0.2) is 11.6 Å². The Balaban J connectivity index is 1.76. The summed E-state index contributed by atoms with van der Waals surface area (Å²) < 4.78 is 24.8. The standard InChI is InChI=1S/C17H18FNO3S/c1-2-21-10-9-19-15(14-8-5-11-23-14)16(17(19)20)22-13-7-4-3-6-12(13)18/h3-8,11,15-16H,2,9-10H2,1H3/t15-,16+/m1/s1. The fourth-order valence-corrected chi connectivity index (χ4v) is 3.49. The molecule has 2 atom stereocenters. The Labute approximate surface area is 138 Å². The second-order valence-corrected chi connectivity index (χ2v) is 6.14. The highest BCUT2D eigenvalue weighted by Gasteiger charge is 2.50. The molecule has 0 spiro atoms. The van der Waals surface area contributed by atoms with Gasteiger partial charge in [-0.3, -0.25) is 4.79 Å². The van der Waals surface area contributed by atoms with Crippen LogP contribution in [0.4, 0.5) is 4.39 Å². The second-order valence-electron chi connectivity index (χ2n) is 5.16. The second kappa shape index (κ2) is 7.10. The minimum absolute atomic E-state index is 0.108. The van der Waals surface area contributed by atoms with Crippen LogP contribution in [0.1, 0.15) is 17.8 Å². The molecule has 0 radical (unpaired) electrons. The number of ether oxygens (including phenoxy) is 2. The van der Waals surface area contributed by atoms with Gasteiger partial charge in [0.2, 0.25) is 6.10 Å². The number of likely N-dealkylation sites (tertiary alicyclic amines) is 1. The van der Waals surface area contributed by atoms with E-state index in [4.69, 9.17) is 9.47 Å². The SMILES string of the molecule is CCOCCN1C(=O)[C@@H](Oc2ccccc2F)[C@H]1c1cccs1. The Kier molecular flexibility index (Phi) is 4.93. The van der Waals surface area contributed by atoms with E-state index in [0.29, 0.717) is 19.8 Å². The van der Waals surface area contributed by atoms with Crippen LogP contribution in [0.15, 0.2) is 41.8 Å². The molecule has 1 fully saturated rings. The molecule has 1 aromatic heterocycles. The normalized spacial score (nSPS) is 20.4. The summed E-state index contributed by atoms with van der Waals surface area (Å²) in [4.78, 5) is 15.2. The lowest BCUT2D eigenvalue weighted by molar-refractivity contribution is -0.165. The lowest BCUT2D eigenvalue weighted by atomic mass is 9.96. The number of amides is 1. The van der Waals surface area contributed by atoms with Crippen LogP contribution in [0, 0.1) is 5.82 Å². The largest absolute Gasteiger partial charge is 0.475 e. The van der Waals surface area contributed by atoms with Gasteiger partial charge in [0.25, 0.3) is 5.91 Å². The summed E-state index contributed by atoms with van der Waals surface area (Å²) >= 11 is 1.56. The molecule has 0 aliphatic carbocycles. The molecule has 0 unspecified atom stereocenters. The van der Waals surface area contributed by atoms with Gasteiger partial charge in [-0.25, -0.2) is 4.39 Å². The molecule has 1 aliphatic rings. The van der Waals surface area contributed by atoms with Crippen molar-refractivity contribution in [1.29, 1.82) is 0 Å². The van der Waals surface area contributed by atoms with Crippen molar-refractivity contribution in [2.24, 2.45) is 0 Å². The molecule has 1 amide bonds. The van der Waals surface area contributed by atoms with E-state index in [1.807, 2.05) is 24.4 Å². The van der Waals surface area contributed by atoms with Crippen molar-refractivity contribution in [1.82, 2.24) is 4.90 Å². The van der Waals surface area contributed by atoms with Crippen molar-refractivity contribution in [3.63, 3.8) is 0 Å². The number of rotatable bonds is 7. The van der Waals surface area contributed by atoms with Gasteiger partial charge in [-0.15, -0.1) is 11.3 Å². The summed E-state index contributed by atoms with van der Waals surface area (Å²) in [7, 11) is 0. The minimum atomic E-state index is -0.688. The van der Waals surface area contributed by atoms with Crippen molar-refractivity contribution in [2.45, 2.75) is 19.1 Å². The van der Waals surface area contributed by atoms with Gasteiger partial charge in [-0.2, -0.15) is 0 Å². The van der Waals surface area contributed by atoms with E-state index in [1.54, 1.807) is 28.4 Å². The lowest BCUT2D eigenvalue weighted by Crippen LogP contribution is -2.61. The lowest BCUT2D eigenvalue weighted by Gasteiger charge is -2.46. The molecule has 23 heavy (non-hydrogen) atoms. The highest BCUT2D eigenvalue weighted by Crippen LogP contribution is 2.39. The first kappa shape index (κ1) is 16.0. The Bertz CT molecular complexity index is 662. The Morgan fingerprint density at radius 3 is 2.78 bits per heavy atom. The molecule has 1 aliphatic heterocycles. The summed E-state index contributed by atoms with van der Waals surface area (Å²) in [5, 5.41) is 1.96. The van der Waals surface area contributed by atoms with Gasteiger partial charge < -0.3 is 14.4 Å². The highest BCUT2D eigenvalue weighted by molar-refractivity contribution is 7.10. The molecule has 1 saturated heterocycles. The number of hydrogen-bond acceptors (Lipinski definition) is 4. The van der Waals surface area contributed by atoms with E-state index >= 15 is 0 Å². The van der Waals surface area contributed by atoms with Crippen LogP contribution in [0.5, 0.6) is 5.75 Å². The van der Waals surface area contributed by atoms with Crippen LogP contribution >= 0.6 is 11.3 Å². The number of carbonyl (C=O) groups excluding carboxylic acids is 1. The first-order valence-electron chi connectivity index (χ1n) is 7.55. The van der Waals surface area contributed by atoms with Crippen LogP contribution in [0.25, 0.3) is 0 Å². The molecule has 3 rings (SSSR count). The van der Waals surface area contributed by atoms with Gasteiger partial charge in [-0.05, 0) is 30.5 Å². The average molecular weight is 335 g/mol. The highest BCUT2D eigenvalue weighted by atomic mass is 32.1. The van der Waals surface area contributed by atoms with Crippen molar-refractivity contribution >= 4 is 17.2 Å². The third kappa shape index (κ3) is 3.23. The monoisotopic (exact) mass is 335 g/mol. The number of β-lactam (4-membered cyclic amide) rings is 1. The maximum Gasteiger partial charge on any atom is 0.267 e. The molecule has 4 nitrogen and oxygen atoms in total. The van der Waals surface area contributed by atoms with E-state index in [2.05, 4.69) is 0 Å². The molecular weight excluding hydrogens is 317 g/mol. The summed E-state index contributed by atoms with van der Waals surface area (Å²) in [5.74, 6) is -0.485. The van der Waals surface area contributed by atoms with Crippen LogP contribution < -0.4 is 4.74 Å². The quantitative estimate of drug-likeness (QED) is 0.576. The van der Waals surface area contributed by atoms with Crippen molar-refractivity contribution in [3.8, 4) is 5.75 Å². The summed E-state index contributed by atoms with van der Waals surface area (Å²) in [6, 6.07) is 9.85. The molecule has 0 saturated carbocycles. The van der Waals surface area contributed by atoms with Gasteiger partial charge in [0.05, 0.1) is 6.61 Å². The predicted octanol–water partition coefficient (Wildman–Crippen LogP) is 3.25. The van der Waals surface area contributed by atoms with Crippen LogP contribution in [-0.2, 0) is 9.53 Å². The van der Waals surface area contributed by atoms with Crippen LogP contribution in [0.2, 0.25) is 0 Å². The zero-order valence-electron chi connectivity index (χ0n) is 12.8. The van der Waals surface area contributed by atoms with Gasteiger partial charge in [0, 0.05) is 18.0 Å². The van der Waals surface area contributed by atoms with E-state index in [0.717, 1.165) is 4.88 Å². The third-order valence-electron chi connectivity index (χ3n) is 3.75. The Hall–Kier alpha value is -1.92. The molecule has 0 N–H and O–H groups in total. The number of hydrogen-bond donors (Lipinski definition) is 0. The fraction of sp³-hybridized carbons (Fsp3) is 0.353. The average Bonchev–Trinajstić information content (AvgIpc) is 3.07. The van der Waals surface area contributed by atoms with E-state index in [1.165, 1.54) is 12.1 Å². The zero-order chi connectivity index (χ0) is 16.2. The first-order valence-corrected chi connectivity index (χ1v) is 8.43. The van der Waals surface area contributed by atoms with Crippen molar-refractivity contribution in [2.75, 3.05) is 19.8 Å². The molecular formula is C17H18FNO3S. The van der Waals surface area contributed by atoms with Crippen LogP contribution in [-0.4, -0.2) is 36.7 Å². The molecule has 6 heteroatoms. The number of thiophene rings is 1. The topological polar surface area (TPSA) is 38.8 Å². The Morgan fingerprint density at radius 1 is 1.26 bits per heavy atom. The van der Waals surface area contributed by atoms with Crippen LogP contribution in [0.3, 0.4) is 0 Å². The third-order valence-corrected chi connectivity index (χ3v) is 4.70. The number of para-hydroxylation sites is 1. The summed E-state index contributed by atoms with van der Waals surface area (Å²) in [5.41, 5.74) is 0. The number of carbonyl (C=O) groups is 1. The first-order chi connectivity index (χ1) is 11.2. The molecule has 2 aromatic rings. The number of nitrogens with zero attached hydrogens (tertiary/aromatic N) is 1. The molecule has 2 heterocycles. The van der Waals surface area contributed by atoms with E-state index < -0.39 is 11.9 Å². The van der Waals surface area contributed by atoms with Gasteiger partial charge in [-0.1, -0.05) is 18.2 Å². The van der Waals surface area contributed by atoms with Crippen molar-refractivity contribution < 1.29 is 18.7 Å². The predicted molar refractivity (Wildman–Crippen MR) is 86.1 cm³/mol. The van der Waals surface area contributed by atoms with Gasteiger partial charge >= 0.3 is 0 Å².